The van der Waals surface area contributed by atoms with Crippen LogP contribution in [0.15, 0.2) is 42.5 Å². The van der Waals surface area contributed by atoms with E-state index in [0.717, 1.165) is 29.5 Å². The van der Waals surface area contributed by atoms with Crippen LogP contribution in [0.1, 0.15) is 49.8 Å². The number of nitrogens with zero attached hydrogens (tertiary/aromatic N) is 1. The summed E-state index contributed by atoms with van der Waals surface area (Å²) in [5, 5.41) is 2.97. The number of methoxy groups -OCH3 is 1. The number of carbonyl (C=O) groups is 2. The molecule has 174 valence electrons. The van der Waals surface area contributed by atoms with Crippen LogP contribution in [-0.4, -0.2) is 43.0 Å². The second-order valence-electron chi connectivity index (χ2n) is 7.93. The molecular formula is C26H36N2O4. The van der Waals surface area contributed by atoms with Gasteiger partial charge in [0.25, 0.3) is 5.91 Å². The quantitative estimate of drug-likeness (QED) is 0.496. The fourth-order valence-electron chi connectivity index (χ4n) is 3.50. The minimum Gasteiger partial charge on any atom is -0.497 e. The summed E-state index contributed by atoms with van der Waals surface area (Å²) in [5.74, 6) is 1.03. The summed E-state index contributed by atoms with van der Waals surface area (Å²) in [4.78, 5) is 27.8. The van der Waals surface area contributed by atoms with Gasteiger partial charge in [-0.15, -0.1) is 0 Å². The van der Waals surface area contributed by atoms with Gasteiger partial charge in [-0.05, 0) is 61.6 Å². The van der Waals surface area contributed by atoms with Crippen molar-refractivity contribution in [3.63, 3.8) is 0 Å². The fourth-order valence-corrected chi connectivity index (χ4v) is 3.50. The SMILES string of the molecule is CCCCNC(=O)[C@H](CC)N(Cc1cccc(OC)c1)C(=O)COc1cccc(C)c1C. The molecule has 6 heteroatoms. The first-order valence-electron chi connectivity index (χ1n) is 11.3. The van der Waals surface area contributed by atoms with Crippen molar-refractivity contribution in [3.8, 4) is 11.5 Å². The standard InChI is InChI=1S/C26H36N2O4/c1-6-8-15-27-26(30)23(7-2)28(17-21-12-10-13-22(16-21)31-5)25(29)18-32-24-14-9-11-19(3)20(24)4/h9-14,16,23H,6-8,15,17-18H2,1-5H3,(H,27,30)/t23-/m0/s1. The maximum absolute atomic E-state index is 13.3. The molecule has 1 atom stereocenters. The number of carbonyl (C=O) groups excluding carboxylic acids is 2. The van der Waals surface area contributed by atoms with E-state index in [-0.39, 0.29) is 18.4 Å². The lowest BCUT2D eigenvalue weighted by Crippen LogP contribution is -2.50. The molecule has 2 rings (SSSR count). The van der Waals surface area contributed by atoms with Crippen molar-refractivity contribution in [2.75, 3.05) is 20.3 Å². The van der Waals surface area contributed by atoms with Gasteiger partial charge in [-0.3, -0.25) is 9.59 Å². The minimum atomic E-state index is -0.576. The van der Waals surface area contributed by atoms with Crippen molar-refractivity contribution >= 4 is 11.8 Å². The van der Waals surface area contributed by atoms with Crippen LogP contribution in [-0.2, 0) is 16.1 Å². The number of amides is 2. The van der Waals surface area contributed by atoms with Gasteiger partial charge in [-0.2, -0.15) is 0 Å². The number of hydrogen-bond acceptors (Lipinski definition) is 4. The number of nitrogens with one attached hydrogen (secondary N) is 1. The number of unbranched alkanes of at least 4 members (excludes halogenated alkanes) is 1. The average molecular weight is 441 g/mol. The number of ether oxygens (including phenoxy) is 2. The predicted molar refractivity (Wildman–Crippen MR) is 127 cm³/mol. The molecule has 0 fully saturated rings. The maximum atomic E-state index is 13.3. The van der Waals surface area contributed by atoms with Crippen LogP contribution in [0.25, 0.3) is 0 Å². The highest BCUT2D eigenvalue weighted by atomic mass is 16.5. The van der Waals surface area contributed by atoms with Gasteiger partial charge in [-0.1, -0.05) is 44.5 Å². The lowest BCUT2D eigenvalue weighted by atomic mass is 10.1. The van der Waals surface area contributed by atoms with Crippen LogP contribution < -0.4 is 14.8 Å². The molecule has 0 heterocycles. The summed E-state index contributed by atoms with van der Waals surface area (Å²) in [7, 11) is 1.61. The molecule has 0 saturated carbocycles. The molecule has 2 amide bonds. The van der Waals surface area contributed by atoms with E-state index in [1.54, 1.807) is 12.0 Å². The number of hydrogen-bond donors (Lipinski definition) is 1. The van der Waals surface area contributed by atoms with E-state index in [0.29, 0.717) is 31.0 Å². The molecule has 2 aromatic rings. The Bertz CT molecular complexity index is 897. The lowest BCUT2D eigenvalue weighted by Gasteiger charge is -2.30. The largest absolute Gasteiger partial charge is 0.497 e. The molecule has 0 aliphatic rings. The van der Waals surface area contributed by atoms with Crippen molar-refractivity contribution in [1.29, 1.82) is 0 Å². The van der Waals surface area contributed by atoms with E-state index in [2.05, 4.69) is 12.2 Å². The summed E-state index contributed by atoms with van der Waals surface area (Å²) in [6.45, 7) is 8.74. The zero-order valence-corrected chi connectivity index (χ0v) is 19.9. The van der Waals surface area contributed by atoms with Crippen molar-refractivity contribution in [2.24, 2.45) is 0 Å². The fraction of sp³-hybridized carbons (Fsp3) is 0.462. The Hall–Kier alpha value is -3.02. The Morgan fingerprint density at radius 3 is 2.53 bits per heavy atom. The van der Waals surface area contributed by atoms with Crippen molar-refractivity contribution < 1.29 is 19.1 Å². The Morgan fingerprint density at radius 2 is 1.84 bits per heavy atom. The molecule has 0 saturated heterocycles. The van der Waals surface area contributed by atoms with Crippen LogP contribution in [0.4, 0.5) is 0 Å². The average Bonchev–Trinajstić information content (AvgIpc) is 2.80. The highest BCUT2D eigenvalue weighted by Gasteiger charge is 2.29. The van der Waals surface area contributed by atoms with Gasteiger partial charge in [0.15, 0.2) is 6.61 Å². The normalized spacial score (nSPS) is 11.5. The van der Waals surface area contributed by atoms with Crippen LogP contribution >= 0.6 is 0 Å². The molecule has 0 bridgehead atoms. The number of benzene rings is 2. The van der Waals surface area contributed by atoms with E-state index in [1.807, 2.05) is 63.2 Å². The van der Waals surface area contributed by atoms with Crippen LogP contribution in [0.5, 0.6) is 11.5 Å². The van der Waals surface area contributed by atoms with Crippen LogP contribution in [0.3, 0.4) is 0 Å². The molecule has 2 aromatic carbocycles. The van der Waals surface area contributed by atoms with E-state index >= 15 is 0 Å². The molecule has 0 radical (unpaired) electrons. The lowest BCUT2D eigenvalue weighted by molar-refractivity contribution is -0.143. The summed E-state index contributed by atoms with van der Waals surface area (Å²) in [5.41, 5.74) is 3.00. The Kier molecular flexibility index (Phi) is 10.1. The Labute approximate surface area is 191 Å². The molecule has 0 aliphatic carbocycles. The number of rotatable bonds is 12. The zero-order valence-electron chi connectivity index (χ0n) is 19.9. The third kappa shape index (κ3) is 7.01. The summed E-state index contributed by atoms with van der Waals surface area (Å²) in [6.07, 6.45) is 2.41. The highest BCUT2D eigenvalue weighted by molar-refractivity contribution is 5.88. The second kappa shape index (κ2) is 12.7. The molecule has 1 N–H and O–H groups in total. The molecule has 6 nitrogen and oxygen atoms in total. The first-order valence-corrected chi connectivity index (χ1v) is 11.3. The van der Waals surface area contributed by atoms with E-state index in [4.69, 9.17) is 9.47 Å². The van der Waals surface area contributed by atoms with Crippen molar-refractivity contribution in [1.82, 2.24) is 10.2 Å². The number of aryl methyl sites for hydroxylation is 1. The molecule has 0 aromatic heterocycles. The van der Waals surface area contributed by atoms with Crippen LogP contribution in [0, 0.1) is 13.8 Å². The van der Waals surface area contributed by atoms with E-state index in [9.17, 15) is 9.59 Å². The summed E-state index contributed by atoms with van der Waals surface area (Å²) in [6, 6.07) is 12.7. The Morgan fingerprint density at radius 1 is 1.09 bits per heavy atom. The van der Waals surface area contributed by atoms with Crippen molar-refractivity contribution in [3.05, 3.63) is 59.2 Å². The first kappa shape index (κ1) is 25.2. The monoisotopic (exact) mass is 440 g/mol. The van der Waals surface area contributed by atoms with Gasteiger partial charge in [0.2, 0.25) is 5.91 Å². The van der Waals surface area contributed by atoms with Gasteiger partial charge >= 0.3 is 0 Å². The van der Waals surface area contributed by atoms with Gasteiger partial charge in [0, 0.05) is 13.1 Å². The summed E-state index contributed by atoms with van der Waals surface area (Å²) < 4.78 is 11.2. The second-order valence-corrected chi connectivity index (χ2v) is 7.93. The molecule has 32 heavy (non-hydrogen) atoms. The van der Waals surface area contributed by atoms with Gasteiger partial charge in [-0.25, -0.2) is 0 Å². The highest BCUT2D eigenvalue weighted by Crippen LogP contribution is 2.21. The van der Waals surface area contributed by atoms with E-state index in [1.165, 1.54) is 0 Å². The first-order chi connectivity index (χ1) is 15.4. The smallest absolute Gasteiger partial charge is 0.261 e. The molecule has 0 unspecified atom stereocenters. The molecule has 0 spiro atoms. The maximum Gasteiger partial charge on any atom is 0.261 e. The third-order valence-electron chi connectivity index (χ3n) is 5.61. The molecular weight excluding hydrogens is 404 g/mol. The zero-order chi connectivity index (χ0) is 23.5. The topological polar surface area (TPSA) is 67.9 Å². The van der Waals surface area contributed by atoms with Crippen molar-refractivity contribution in [2.45, 2.75) is 59.5 Å². The van der Waals surface area contributed by atoms with Gasteiger partial charge in [0.1, 0.15) is 17.5 Å². The molecule has 0 aliphatic heterocycles. The van der Waals surface area contributed by atoms with Crippen LogP contribution in [0.2, 0.25) is 0 Å². The van der Waals surface area contributed by atoms with Gasteiger partial charge < -0.3 is 19.7 Å². The van der Waals surface area contributed by atoms with E-state index < -0.39 is 6.04 Å². The minimum absolute atomic E-state index is 0.132. The Balaban J connectivity index is 2.23. The predicted octanol–water partition coefficient (Wildman–Crippen LogP) is 4.41. The third-order valence-corrected chi connectivity index (χ3v) is 5.61. The summed E-state index contributed by atoms with van der Waals surface area (Å²) >= 11 is 0. The van der Waals surface area contributed by atoms with Gasteiger partial charge in [0.05, 0.1) is 7.11 Å².